The van der Waals surface area contributed by atoms with Gasteiger partial charge in [-0.2, -0.15) is 5.10 Å². The molecule has 1 amide bonds. The number of ether oxygens (including phenoxy) is 1. The summed E-state index contributed by atoms with van der Waals surface area (Å²) < 4.78 is 5.39. The highest BCUT2D eigenvalue weighted by atomic mass is 35.5. The van der Waals surface area contributed by atoms with Gasteiger partial charge in [-0.15, -0.1) is 0 Å². The average molecular weight is 434 g/mol. The Morgan fingerprint density at radius 1 is 1.34 bits per heavy atom. The van der Waals surface area contributed by atoms with Crippen molar-refractivity contribution in [3.63, 3.8) is 0 Å². The number of rotatable bonds is 5. The van der Waals surface area contributed by atoms with Gasteiger partial charge >= 0.3 is 0 Å². The van der Waals surface area contributed by atoms with Crippen LogP contribution in [0.5, 0.6) is 5.75 Å². The van der Waals surface area contributed by atoms with Gasteiger partial charge in [-0.3, -0.25) is 4.79 Å². The predicted octanol–water partition coefficient (Wildman–Crippen LogP) is 5.24. The Bertz CT molecular complexity index is 944. The van der Waals surface area contributed by atoms with Crippen LogP contribution in [-0.2, 0) is 4.79 Å². The molecule has 0 radical (unpaired) electrons. The van der Waals surface area contributed by atoms with E-state index in [4.69, 9.17) is 27.9 Å². The van der Waals surface area contributed by atoms with Crippen LogP contribution in [-0.4, -0.2) is 31.3 Å². The first-order valence-corrected chi connectivity index (χ1v) is 10.2. The third-order valence-corrected chi connectivity index (χ3v) is 5.87. The molecule has 2 aromatic carbocycles. The number of nitrogens with one attached hydrogen (secondary N) is 1. The molecule has 29 heavy (non-hydrogen) atoms. The summed E-state index contributed by atoms with van der Waals surface area (Å²) in [6, 6.07) is 10.9. The number of halogens is 2. The van der Waals surface area contributed by atoms with Gasteiger partial charge < -0.3 is 9.64 Å². The van der Waals surface area contributed by atoms with Crippen LogP contribution in [0.15, 0.2) is 41.5 Å². The van der Waals surface area contributed by atoms with Crippen LogP contribution in [0.3, 0.4) is 0 Å². The number of hydrogen-bond acceptors (Lipinski definition) is 4. The van der Waals surface area contributed by atoms with Gasteiger partial charge in [0.15, 0.2) is 6.61 Å². The van der Waals surface area contributed by atoms with Crippen molar-refractivity contribution in [3.8, 4) is 5.75 Å². The van der Waals surface area contributed by atoms with Crippen molar-refractivity contribution < 1.29 is 9.53 Å². The number of hydrazone groups is 1. The van der Waals surface area contributed by atoms with E-state index in [2.05, 4.69) is 43.2 Å². The Hall–Kier alpha value is -2.24. The summed E-state index contributed by atoms with van der Waals surface area (Å²) in [5, 5.41) is 5.16. The first kappa shape index (κ1) is 21.5. The van der Waals surface area contributed by atoms with Gasteiger partial charge in [0.1, 0.15) is 5.75 Å². The highest BCUT2D eigenvalue weighted by Crippen LogP contribution is 2.44. The molecule has 1 aliphatic rings. The second-order valence-corrected chi connectivity index (χ2v) is 8.79. The van der Waals surface area contributed by atoms with E-state index in [1.165, 1.54) is 5.56 Å². The molecule has 1 heterocycles. The number of benzene rings is 2. The van der Waals surface area contributed by atoms with E-state index in [1.807, 2.05) is 12.1 Å². The summed E-state index contributed by atoms with van der Waals surface area (Å²) in [7, 11) is 2.09. The molecule has 154 valence electrons. The number of amides is 1. The summed E-state index contributed by atoms with van der Waals surface area (Å²) >= 11 is 12.4. The largest absolute Gasteiger partial charge is 0.484 e. The fourth-order valence-electron chi connectivity index (χ4n) is 3.62. The van der Waals surface area contributed by atoms with Gasteiger partial charge in [-0.05, 0) is 62.1 Å². The zero-order chi connectivity index (χ0) is 21.2. The number of nitrogens with zero attached hydrogens (tertiary/aromatic N) is 2. The molecule has 5 nitrogen and oxygen atoms in total. The molecule has 0 saturated heterocycles. The highest BCUT2D eigenvalue weighted by Gasteiger charge is 2.34. The SMILES string of the molecule is C[C@@H]1CC(C)(C)N(C)c2cc(Cl)c(/C=N/NC(=O)COc3cccc(Cl)c3)cc21. The fraction of sp³-hybridized carbons (Fsp3) is 0.364. The molecule has 0 fully saturated rings. The minimum Gasteiger partial charge on any atom is -0.484 e. The minimum atomic E-state index is -0.370. The summed E-state index contributed by atoms with van der Waals surface area (Å²) in [6.45, 7) is 6.53. The lowest BCUT2D eigenvalue weighted by Crippen LogP contribution is -2.45. The quantitative estimate of drug-likeness (QED) is 0.517. The Morgan fingerprint density at radius 2 is 2.10 bits per heavy atom. The molecular weight excluding hydrogens is 409 g/mol. The van der Waals surface area contributed by atoms with Crippen molar-refractivity contribution in [2.75, 3.05) is 18.6 Å². The molecule has 0 bridgehead atoms. The van der Waals surface area contributed by atoms with E-state index in [0.29, 0.717) is 21.7 Å². The molecule has 7 heteroatoms. The summed E-state index contributed by atoms with van der Waals surface area (Å²) in [4.78, 5) is 14.2. The molecule has 1 atom stereocenters. The second-order valence-electron chi connectivity index (χ2n) is 7.95. The first-order chi connectivity index (χ1) is 13.7. The lowest BCUT2D eigenvalue weighted by Gasteiger charge is -2.45. The third kappa shape index (κ3) is 5.03. The molecule has 0 aromatic heterocycles. The minimum absolute atomic E-state index is 0.0717. The maximum absolute atomic E-state index is 12.0. The van der Waals surface area contributed by atoms with Crippen molar-refractivity contribution in [1.29, 1.82) is 0 Å². The average Bonchev–Trinajstić information content (AvgIpc) is 2.65. The first-order valence-electron chi connectivity index (χ1n) is 9.45. The summed E-state index contributed by atoms with van der Waals surface area (Å²) in [5.41, 5.74) is 5.66. The standard InChI is InChI=1S/C22H25Cl2N3O2/c1-14-11-22(2,3)27(4)20-10-19(24)15(8-18(14)20)12-25-26-21(28)13-29-17-7-5-6-16(23)9-17/h5-10,12,14H,11,13H2,1-4H3,(H,26,28)/b25-12+/t14-/m1/s1. The van der Waals surface area contributed by atoms with Gasteiger partial charge in [0.05, 0.1) is 11.2 Å². The molecule has 3 rings (SSSR count). The number of carbonyl (C=O) groups excluding carboxylic acids is 1. The van der Waals surface area contributed by atoms with E-state index >= 15 is 0 Å². The van der Waals surface area contributed by atoms with Crippen molar-refractivity contribution in [3.05, 3.63) is 57.6 Å². The van der Waals surface area contributed by atoms with Gasteiger partial charge in [0.25, 0.3) is 5.91 Å². The van der Waals surface area contributed by atoms with Crippen molar-refractivity contribution >= 4 is 41.0 Å². The van der Waals surface area contributed by atoms with E-state index in [0.717, 1.165) is 17.7 Å². The number of carbonyl (C=O) groups is 1. The molecule has 0 spiro atoms. The van der Waals surface area contributed by atoms with E-state index < -0.39 is 0 Å². The zero-order valence-electron chi connectivity index (χ0n) is 17.0. The van der Waals surface area contributed by atoms with Crippen molar-refractivity contribution in [1.82, 2.24) is 5.43 Å². The molecule has 0 unspecified atom stereocenters. The molecule has 0 saturated carbocycles. The molecular formula is C22H25Cl2N3O2. The monoisotopic (exact) mass is 433 g/mol. The summed E-state index contributed by atoms with van der Waals surface area (Å²) in [6.07, 6.45) is 2.61. The number of hydrogen-bond donors (Lipinski definition) is 1. The fourth-order valence-corrected chi connectivity index (χ4v) is 4.00. The molecule has 0 aliphatic carbocycles. The molecule has 1 N–H and O–H groups in total. The second kappa shape index (κ2) is 8.64. The van der Waals surface area contributed by atoms with Crippen LogP contribution < -0.4 is 15.1 Å². The van der Waals surface area contributed by atoms with E-state index in [9.17, 15) is 4.79 Å². The van der Waals surface area contributed by atoms with Crippen molar-refractivity contribution in [2.45, 2.75) is 38.6 Å². The lowest BCUT2D eigenvalue weighted by molar-refractivity contribution is -0.123. The number of anilines is 1. The van der Waals surface area contributed by atoms with Gasteiger partial charge in [0, 0.05) is 28.9 Å². The van der Waals surface area contributed by atoms with Crippen LogP contribution in [0.4, 0.5) is 5.69 Å². The van der Waals surface area contributed by atoms with Crippen LogP contribution in [0, 0.1) is 0 Å². The maximum atomic E-state index is 12.0. The number of fused-ring (bicyclic) bond motifs is 1. The smallest absolute Gasteiger partial charge is 0.277 e. The molecule has 1 aliphatic heterocycles. The summed E-state index contributed by atoms with van der Waals surface area (Å²) in [5.74, 6) is 0.557. The lowest BCUT2D eigenvalue weighted by atomic mass is 9.80. The van der Waals surface area contributed by atoms with E-state index in [1.54, 1.807) is 30.5 Å². The zero-order valence-corrected chi connectivity index (χ0v) is 18.5. The predicted molar refractivity (Wildman–Crippen MR) is 120 cm³/mol. The Morgan fingerprint density at radius 3 is 2.83 bits per heavy atom. The Labute approximate surface area is 181 Å². The third-order valence-electron chi connectivity index (χ3n) is 5.31. The maximum Gasteiger partial charge on any atom is 0.277 e. The normalized spacial score (nSPS) is 17.9. The van der Waals surface area contributed by atoms with Crippen LogP contribution >= 0.6 is 23.2 Å². The highest BCUT2D eigenvalue weighted by molar-refractivity contribution is 6.33. The Kier molecular flexibility index (Phi) is 6.39. The topological polar surface area (TPSA) is 53.9 Å². The Balaban J connectivity index is 1.65. The molecule has 2 aromatic rings. The van der Waals surface area contributed by atoms with Crippen molar-refractivity contribution in [2.24, 2.45) is 5.10 Å². The van der Waals surface area contributed by atoms with Gasteiger partial charge in [-0.1, -0.05) is 36.2 Å². The van der Waals surface area contributed by atoms with Crippen LogP contribution in [0.1, 0.15) is 44.2 Å². The van der Waals surface area contributed by atoms with Gasteiger partial charge in [0.2, 0.25) is 0 Å². The van der Waals surface area contributed by atoms with Gasteiger partial charge in [-0.25, -0.2) is 5.43 Å². The van der Waals surface area contributed by atoms with Crippen LogP contribution in [0.25, 0.3) is 0 Å². The van der Waals surface area contributed by atoms with Crippen LogP contribution in [0.2, 0.25) is 10.0 Å². The van der Waals surface area contributed by atoms with E-state index in [-0.39, 0.29) is 18.1 Å².